The summed E-state index contributed by atoms with van der Waals surface area (Å²) in [5.74, 6) is -0.604. The van der Waals surface area contributed by atoms with E-state index in [0.717, 1.165) is 10.6 Å². The minimum atomic E-state index is -0.604. The van der Waals surface area contributed by atoms with Gasteiger partial charge in [0.2, 0.25) is 0 Å². The second-order valence-electron chi connectivity index (χ2n) is 6.03. The first-order chi connectivity index (χ1) is 13.1. The fourth-order valence-corrected chi connectivity index (χ4v) is 3.49. The smallest absolute Gasteiger partial charge is 0.359 e. The quantitative estimate of drug-likeness (QED) is 0.548. The van der Waals surface area contributed by atoms with E-state index in [0.29, 0.717) is 16.5 Å². The SMILES string of the molecule is Cc1ccc(-c2nc(COC(=O)c3n[nH]c(=O)c4ccccc34)cs2)cc1. The van der Waals surface area contributed by atoms with E-state index in [1.54, 1.807) is 24.3 Å². The number of ether oxygens (including phenoxy) is 1. The molecule has 134 valence electrons. The number of nitrogens with one attached hydrogen (secondary N) is 1. The van der Waals surface area contributed by atoms with Crippen molar-refractivity contribution in [3.8, 4) is 10.6 Å². The average Bonchev–Trinajstić information content (AvgIpc) is 3.16. The summed E-state index contributed by atoms with van der Waals surface area (Å²) >= 11 is 1.49. The molecule has 0 unspecified atom stereocenters. The number of aromatic nitrogens is 3. The number of H-pyrrole nitrogens is 1. The molecular weight excluding hydrogens is 362 g/mol. The minimum absolute atomic E-state index is 0.0380. The first-order valence-electron chi connectivity index (χ1n) is 8.28. The molecule has 0 bridgehead atoms. The molecule has 0 aliphatic carbocycles. The van der Waals surface area contributed by atoms with Crippen molar-refractivity contribution in [1.82, 2.24) is 15.2 Å². The average molecular weight is 377 g/mol. The Balaban J connectivity index is 1.51. The van der Waals surface area contributed by atoms with Crippen LogP contribution in [0.4, 0.5) is 0 Å². The molecule has 0 aliphatic rings. The fourth-order valence-electron chi connectivity index (χ4n) is 2.68. The Kier molecular flexibility index (Phi) is 4.52. The Bertz CT molecular complexity index is 1180. The lowest BCUT2D eigenvalue weighted by atomic mass is 10.1. The maximum Gasteiger partial charge on any atom is 0.359 e. The molecule has 1 N–H and O–H groups in total. The van der Waals surface area contributed by atoms with Crippen molar-refractivity contribution in [2.45, 2.75) is 13.5 Å². The number of esters is 1. The van der Waals surface area contributed by atoms with E-state index in [2.05, 4.69) is 15.2 Å². The Labute approximate surface area is 158 Å². The summed E-state index contributed by atoms with van der Waals surface area (Å²) < 4.78 is 5.35. The Morgan fingerprint density at radius 3 is 2.63 bits per heavy atom. The molecule has 4 rings (SSSR count). The lowest BCUT2D eigenvalue weighted by Crippen LogP contribution is -2.16. The molecule has 0 saturated carbocycles. The third kappa shape index (κ3) is 3.50. The molecule has 27 heavy (non-hydrogen) atoms. The predicted octanol–water partition coefficient (Wildman–Crippen LogP) is 3.71. The predicted molar refractivity (Wildman–Crippen MR) is 104 cm³/mol. The van der Waals surface area contributed by atoms with E-state index in [9.17, 15) is 9.59 Å². The molecule has 7 heteroatoms. The van der Waals surface area contributed by atoms with Crippen LogP contribution in [0.2, 0.25) is 0 Å². The zero-order valence-corrected chi connectivity index (χ0v) is 15.2. The van der Waals surface area contributed by atoms with Crippen molar-refractivity contribution >= 4 is 28.1 Å². The molecule has 6 nitrogen and oxygen atoms in total. The molecule has 0 radical (unpaired) electrons. The molecule has 0 spiro atoms. The van der Waals surface area contributed by atoms with E-state index in [1.807, 2.05) is 36.6 Å². The van der Waals surface area contributed by atoms with Gasteiger partial charge in [0.15, 0.2) is 5.69 Å². The Morgan fingerprint density at radius 1 is 1.11 bits per heavy atom. The molecule has 2 aromatic carbocycles. The van der Waals surface area contributed by atoms with Gasteiger partial charge in [-0.25, -0.2) is 14.9 Å². The number of aromatic amines is 1. The monoisotopic (exact) mass is 377 g/mol. The maximum absolute atomic E-state index is 12.4. The van der Waals surface area contributed by atoms with Crippen LogP contribution in [0.25, 0.3) is 21.3 Å². The zero-order valence-electron chi connectivity index (χ0n) is 14.4. The van der Waals surface area contributed by atoms with Gasteiger partial charge in [0.25, 0.3) is 5.56 Å². The molecule has 0 atom stereocenters. The topological polar surface area (TPSA) is 84.9 Å². The number of hydrogen-bond acceptors (Lipinski definition) is 6. The normalized spacial score (nSPS) is 10.9. The van der Waals surface area contributed by atoms with E-state index < -0.39 is 5.97 Å². The summed E-state index contributed by atoms with van der Waals surface area (Å²) in [6.45, 7) is 2.07. The van der Waals surface area contributed by atoms with Gasteiger partial charge in [0.1, 0.15) is 11.6 Å². The zero-order chi connectivity index (χ0) is 18.8. The van der Waals surface area contributed by atoms with Crippen LogP contribution in [-0.2, 0) is 11.3 Å². The summed E-state index contributed by atoms with van der Waals surface area (Å²) in [6, 6.07) is 14.9. The lowest BCUT2D eigenvalue weighted by Gasteiger charge is -2.05. The second kappa shape index (κ2) is 7.13. The van der Waals surface area contributed by atoms with Crippen molar-refractivity contribution in [3.05, 3.63) is 81.2 Å². The van der Waals surface area contributed by atoms with Gasteiger partial charge in [0, 0.05) is 16.3 Å². The van der Waals surface area contributed by atoms with Crippen LogP contribution in [0.15, 0.2) is 58.7 Å². The van der Waals surface area contributed by atoms with Gasteiger partial charge in [0.05, 0.1) is 11.1 Å². The highest BCUT2D eigenvalue weighted by molar-refractivity contribution is 7.13. The number of nitrogens with zero attached hydrogens (tertiary/aromatic N) is 2. The maximum atomic E-state index is 12.4. The van der Waals surface area contributed by atoms with E-state index in [1.165, 1.54) is 16.9 Å². The third-order valence-electron chi connectivity index (χ3n) is 4.09. The van der Waals surface area contributed by atoms with Gasteiger partial charge >= 0.3 is 5.97 Å². The number of aryl methyl sites for hydroxylation is 1. The molecular formula is C20H15N3O3S. The number of thiazole rings is 1. The van der Waals surface area contributed by atoms with Gasteiger partial charge in [-0.15, -0.1) is 11.3 Å². The van der Waals surface area contributed by atoms with E-state index in [4.69, 9.17) is 4.74 Å². The van der Waals surface area contributed by atoms with Crippen LogP contribution in [0, 0.1) is 6.92 Å². The van der Waals surface area contributed by atoms with Crippen LogP contribution in [-0.4, -0.2) is 21.2 Å². The third-order valence-corrected chi connectivity index (χ3v) is 5.03. The molecule has 0 amide bonds. The lowest BCUT2D eigenvalue weighted by molar-refractivity contribution is 0.0462. The van der Waals surface area contributed by atoms with Crippen molar-refractivity contribution in [2.24, 2.45) is 0 Å². The number of carbonyl (C=O) groups is 1. The van der Waals surface area contributed by atoms with E-state index >= 15 is 0 Å². The Morgan fingerprint density at radius 2 is 1.85 bits per heavy atom. The molecule has 0 fully saturated rings. The van der Waals surface area contributed by atoms with Crippen molar-refractivity contribution in [2.75, 3.05) is 0 Å². The Hall–Kier alpha value is -3.32. The molecule has 0 saturated heterocycles. The first kappa shape index (κ1) is 17.1. The van der Waals surface area contributed by atoms with Crippen LogP contribution in [0.5, 0.6) is 0 Å². The number of carbonyl (C=O) groups excluding carboxylic acids is 1. The van der Waals surface area contributed by atoms with Gasteiger partial charge < -0.3 is 4.74 Å². The molecule has 2 aromatic heterocycles. The van der Waals surface area contributed by atoms with Gasteiger partial charge in [-0.3, -0.25) is 4.79 Å². The number of benzene rings is 2. The van der Waals surface area contributed by atoms with Crippen LogP contribution in [0.1, 0.15) is 21.7 Å². The molecule has 4 aromatic rings. The highest BCUT2D eigenvalue weighted by Gasteiger charge is 2.16. The van der Waals surface area contributed by atoms with Crippen molar-refractivity contribution < 1.29 is 9.53 Å². The highest BCUT2D eigenvalue weighted by atomic mass is 32.1. The summed E-state index contributed by atoms with van der Waals surface area (Å²) in [4.78, 5) is 28.8. The number of fused-ring (bicyclic) bond motifs is 1. The van der Waals surface area contributed by atoms with Gasteiger partial charge in [-0.2, -0.15) is 5.10 Å². The summed E-state index contributed by atoms with van der Waals surface area (Å²) in [6.07, 6.45) is 0. The highest BCUT2D eigenvalue weighted by Crippen LogP contribution is 2.24. The van der Waals surface area contributed by atoms with E-state index in [-0.39, 0.29) is 17.9 Å². The summed E-state index contributed by atoms with van der Waals surface area (Å²) in [5.41, 5.74) is 2.61. The van der Waals surface area contributed by atoms with Crippen molar-refractivity contribution in [3.63, 3.8) is 0 Å². The summed E-state index contributed by atoms with van der Waals surface area (Å²) in [7, 11) is 0. The number of hydrogen-bond donors (Lipinski definition) is 1. The number of rotatable bonds is 4. The largest absolute Gasteiger partial charge is 0.454 e. The van der Waals surface area contributed by atoms with Crippen molar-refractivity contribution in [1.29, 1.82) is 0 Å². The molecule has 2 heterocycles. The first-order valence-corrected chi connectivity index (χ1v) is 9.16. The van der Waals surface area contributed by atoms with Crippen LogP contribution >= 0.6 is 11.3 Å². The fraction of sp³-hybridized carbons (Fsp3) is 0.100. The van der Waals surface area contributed by atoms with Crippen LogP contribution < -0.4 is 5.56 Å². The second-order valence-corrected chi connectivity index (χ2v) is 6.89. The van der Waals surface area contributed by atoms with Gasteiger partial charge in [-0.05, 0) is 13.0 Å². The summed E-state index contributed by atoms with van der Waals surface area (Å²) in [5, 5.41) is 9.77. The van der Waals surface area contributed by atoms with Crippen LogP contribution in [0.3, 0.4) is 0 Å². The minimum Gasteiger partial charge on any atom is -0.454 e. The standard InChI is InChI=1S/C20H15N3O3S/c1-12-6-8-13(9-7-12)19-21-14(11-27-19)10-26-20(25)17-15-4-2-3-5-16(15)18(24)23-22-17/h2-9,11H,10H2,1H3,(H,23,24). The molecule has 0 aliphatic heterocycles. The van der Waals surface area contributed by atoms with Gasteiger partial charge in [-0.1, -0.05) is 48.0 Å².